The van der Waals surface area contributed by atoms with Crippen LogP contribution in [-0.2, 0) is 4.74 Å². The topological polar surface area (TPSA) is 44.7 Å². The third-order valence-corrected chi connectivity index (χ3v) is 5.54. The molecule has 1 saturated heterocycles. The Bertz CT molecular complexity index is 597. The van der Waals surface area contributed by atoms with Gasteiger partial charge in [0.25, 0.3) is 0 Å². The van der Waals surface area contributed by atoms with Gasteiger partial charge in [0, 0.05) is 25.7 Å². The summed E-state index contributed by atoms with van der Waals surface area (Å²) < 4.78 is 43.8. The van der Waals surface area contributed by atoms with Crippen LogP contribution in [-0.4, -0.2) is 61.2 Å². The highest BCUT2D eigenvalue weighted by Gasteiger charge is 2.60. The Morgan fingerprint density at radius 1 is 1.27 bits per heavy atom. The molecule has 4 nitrogen and oxygen atoms in total. The first-order valence-corrected chi connectivity index (χ1v) is 9.16. The van der Waals surface area contributed by atoms with Crippen molar-refractivity contribution in [2.75, 3.05) is 39.4 Å². The molecule has 0 bridgehead atoms. The highest BCUT2D eigenvalue weighted by molar-refractivity contribution is 5.29. The number of benzene rings is 1. The molecule has 0 aromatic heterocycles. The van der Waals surface area contributed by atoms with Gasteiger partial charge in [0.15, 0.2) is 5.60 Å². The lowest BCUT2D eigenvalue weighted by atomic mass is 9.70. The standard InChI is InChI=1S/C19H27F3N2O2/c1-14-4-2-3-5-16(14)17(13-24-6-8-26-9-7-24)23-12-15-10-18(25,11-15)19(20,21)22/h2-5,15,17,23,25H,6-13H2,1H3. The first-order chi connectivity index (χ1) is 12.3. The predicted molar refractivity (Wildman–Crippen MR) is 92.9 cm³/mol. The molecule has 0 radical (unpaired) electrons. The van der Waals surface area contributed by atoms with Crippen molar-refractivity contribution >= 4 is 0 Å². The number of rotatable bonds is 6. The van der Waals surface area contributed by atoms with E-state index in [9.17, 15) is 18.3 Å². The SMILES string of the molecule is Cc1ccccc1C(CN1CCOCC1)NCC1CC(O)(C(F)(F)F)C1. The largest absolute Gasteiger partial charge is 0.417 e. The third-order valence-electron chi connectivity index (χ3n) is 5.54. The fraction of sp³-hybridized carbons (Fsp3) is 0.684. The zero-order chi connectivity index (χ0) is 18.8. The van der Waals surface area contributed by atoms with Crippen LogP contribution in [0.4, 0.5) is 13.2 Å². The van der Waals surface area contributed by atoms with Gasteiger partial charge in [0.1, 0.15) is 0 Å². The lowest BCUT2D eigenvalue weighted by Crippen LogP contribution is -2.57. The molecule has 0 spiro atoms. The van der Waals surface area contributed by atoms with E-state index >= 15 is 0 Å². The van der Waals surface area contributed by atoms with Crippen LogP contribution in [0.15, 0.2) is 24.3 Å². The molecule has 1 saturated carbocycles. The van der Waals surface area contributed by atoms with Gasteiger partial charge in [-0.05, 0) is 43.4 Å². The number of nitrogens with zero attached hydrogens (tertiary/aromatic N) is 1. The predicted octanol–water partition coefficient (Wildman–Crippen LogP) is 2.66. The molecule has 1 aromatic carbocycles. The van der Waals surface area contributed by atoms with Crippen molar-refractivity contribution in [3.63, 3.8) is 0 Å². The zero-order valence-electron chi connectivity index (χ0n) is 15.1. The molecule has 2 fully saturated rings. The average Bonchev–Trinajstić information content (AvgIpc) is 2.57. The molecule has 1 aromatic rings. The average molecular weight is 372 g/mol. The number of hydrogen-bond donors (Lipinski definition) is 2. The summed E-state index contributed by atoms with van der Waals surface area (Å²) in [5.74, 6) is -0.155. The van der Waals surface area contributed by atoms with Gasteiger partial charge in [-0.2, -0.15) is 13.2 Å². The van der Waals surface area contributed by atoms with Gasteiger partial charge in [0.2, 0.25) is 0 Å². The summed E-state index contributed by atoms with van der Waals surface area (Å²) in [6.45, 7) is 6.47. The fourth-order valence-corrected chi connectivity index (χ4v) is 3.87. The first kappa shape index (κ1) is 19.6. The smallest absolute Gasteiger partial charge is 0.380 e. The van der Waals surface area contributed by atoms with Crippen LogP contribution < -0.4 is 5.32 Å². The molecule has 7 heteroatoms. The van der Waals surface area contributed by atoms with Crippen LogP contribution in [0.25, 0.3) is 0 Å². The number of alkyl halides is 3. The van der Waals surface area contributed by atoms with Crippen molar-refractivity contribution in [3.05, 3.63) is 35.4 Å². The Labute approximate surface area is 152 Å². The molecule has 1 aliphatic heterocycles. The van der Waals surface area contributed by atoms with Crippen LogP contribution in [0.3, 0.4) is 0 Å². The van der Waals surface area contributed by atoms with Crippen molar-refractivity contribution < 1.29 is 23.0 Å². The minimum atomic E-state index is -4.53. The summed E-state index contributed by atoms with van der Waals surface area (Å²) in [5, 5.41) is 13.1. The van der Waals surface area contributed by atoms with Gasteiger partial charge in [-0.1, -0.05) is 24.3 Å². The maximum Gasteiger partial charge on any atom is 0.417 e. The van der Waals surface area contributed by atoms with E-state index in [1.54, 1.807) is 0 Å². The number of nitrogens with one attached hydrogen (secondary N) is 1. The monoisotopic (exact) mass is 372 g/mol. The molecular weight excluding hydrogens is 345 g/mol. The van der Waals surface area contributed by atoms with Crippen molar-refractivity contribution in [1.29, 1.82) is 0 Å². The summed E-state index contributed by atoms with van der Waals surface area (Å²) in [4.78, 5) is 2.32. The minimum absolute atomic E-state index is 0.0499. The van der Waals surface area contributed by atoms with Gasteiger partial charge in [-0.3, -0.25) is 4.90 Å². The molecule has 2 aliphatic rings. The van der Waals surface area contributed by atoms with Crippen LogP contribution in [0, 0.1) is 12.8 Å². The molecule has 26 heavy (non-hydrogen) atoms. The van der Waals surface area contributed by atoms with E-state index in [2.05, 4.69) is 29.3 Å². The quantitative estimate of drug-likeness (QED) is 0.806. The van der Waals surface area contributed by atoms with Gasteiger partial charge < -0.3 is 15.2 Å². The zero-order valence-corrected chi connectivity index (χ0v) is 15.1. The summed E-state index contributed by atoms with van der Waals surface area (Å²) in [5.41, 5.74) is -0.162. The van der Waals surface area contributed by atoms with E-state index in [1.807, 2.05) is 12.1 Å². The highest BCUT2D eigenvalue weighted by atomic mass is 19.4. The second kappa shape index (κ2) is 7.84. The minimum Gasteiger partial charge on any atom is -0.380 e. The Hall–Kier alpha value is -1.15. The van der Waals surface area contributed by atoms with Crippen molar-refractivity contribution in [1.82, 2.24) is 10.2 Å². The van der Waals surface area contributed by atoms with E-state index in [1.165, 1.54) is 11.1 Å². The van der Waals surface area contributed by atoms with Gasteiger partial charge in [0.05, 0.1) is 13.2 Å². The number of aliphatic hydroxyl groups is 1. The second-order valence-electron chi connectivity index (χ2n) is 7.53. The summed E-state index contributed by atoms with van der Waals surface area (Å²) in [6, 6.07) is 8.14. The molecule has 1 unspecified atom stereocenters. The number of aryl methyl sites for hydroxylation is 1. The van der Waals surface area contributed by atoms with Gasteiger partial charge in [-0.15, -0.1) is 0 Å². The Morgan fingerprint density at radius 2 is 1.92 bits per heavy atom. The van der Waals surface area contributed by atoms with Crippen LogP contribution in [0.2, 0.25) is 0 Å². The Balaban J connectivity index is 1.60. The number of morpholine rings is 1. The molecule has 3 rings (SSSR count). The van der Waals surface area contributed by atoms with E-state index in [0.29, 0.717) is 19.8 Å². The van der Waals surface area contributed by atoms with E-state index in [4.69, 9.17) is 4.74 Å². The number of ether oxygens (including phenoxy) is 1. The van der Waals surface area contributed by atoms with Crippen molar-refractivity contribution in [2.45, 2.75) is 37.6 Å². The van der Waals surface area contributed by atoms with Crippen molar-refractivity contribution in [3.8, 4) is 0 Å². The van der Waals surface area contributed by atoms with Gasteiger partial charge >= 0.3 is 6.18 Å². The molecular formula is C19H27F3N2O2. The van der Waals surface area contributed by atoms with Crippen LogP contribution in [0.5, 0.6) is 0 Å². The lowest BCUT2D eigenvalue weighted by molar-refractivity contribution is -0.298. The molecule has 146 valence electrons. The number of hydrogen-bond acceptors (Lipinski definition) is 4. The molecule has 1 aliphatic carbocycles. The summed E-state index contributed by atoms with van der Waals surface area (Å²) >= 11 is 0. The maximum atomic E-state index is 12.8. The highest BCUT2D eigenvalue weighted by Crippen LogP contribution is 2.48. The van der Waals surface area contributed by atoms with E-state index in [-0.39, 0.29) is 24.8 Å². The van der Waals surface area contributed by atoms with Crippen LogP contribution >= 0.6 is 0 Å². The maximum absolute atomic E-state index is 12.8. The van der Waals surface area contributed by atoms with E-state index in [0.717, 1.165) is 19.6 Å². The molecule has 0 amide bonds. The Morgan fingerprint density at radius 3 is 2.54 bits per heavy atom. The number of halogens is 3. The third kappa shape index (κ3) is 4.39. The Kier molecular flexibility index (Phi) is 5.91. The van der Waals surface area contributed by atoms with Gasteiger partial charge in [-0.25, -0.2) is 0 Å². The van der Waals surface area contributed by atoms with Crippen molar-refractivity contribution in [2.24, 2.45) is 5.92 Å². The molecule has 1 atom stereocenters. The molecule has 1 heterocycles. The second-order valence-corrected chi connectivity index (χ2v) is 7.53. The molecule has 2 N–H and O–H groups in total. The normalized spacial score (nSPS) is 28.6. The lowest BCUT2D eigenvalue weighted by Gasteiger charge is -2.45. The first-order valence-electron chi connectivity index (χ1n) is 9.16. The fourth-order valence-electron chi connectivity index (χ4n) is 3.87. The summed E-state index contributed by atoms with van der Waals surface area (Å²) in [6.07, 6.45) is -4.98. The van der Waals surface area contributed by atoms with Crippen LogP contribution in [0.1, 0.15) is 30.0 Å². The summed E-state index contributed by atoms with van der Waals surface area (Å²) in [7, 11) is 0. The van der Waals surface area contributed by atoms with E-state index < -0.39 is 11.8 Å².